The van der Waals surface area contributed by atoms with Gasteiger partial charge in [-0.15, -0.1) is 5.10 Å². The van der Waals surface area contributed by atoms with Crippen LogP contribution in [0.4, 0.5) is 0 Å². The van der Waals surface area contributed by atoms with E-state index in [1.807, 2.05) is 0 Å². The Labute approximate surface area is 164 Å². The number of hydrogen-bond donors (Lipinski definition) is 3. The third-order valence-electron chi connectivity index (χ3n) is 4.20. The Morgan fingerprint density at radius 1 is 1.00 bits per heavy atom. The van der Waals surface area contributed by atoms with Crippen molar-refractivity contribution in [1.82, 2.24) is 15.0 Å². The third kappa shape index (κ3) is 7.01. The van der Waals surface area contributed by atoms with Crippen molar-refractivity contribution in [1.29, 1.82) is 0 Å². The van der Waals surface area contributed by atoms with Crippen LogP contribution < -0.4 is 0 Å². The molecule has 1 aliphatic heterocycles. The van der Waals surface area contributed by atoms with Gasteiger partial charge in [0.05, 0.1) is 45.8 Å². The zero-order valence-corrected chi connectivity index (χ0v) is 16.3. The van der Waals surface area contributed by atoms with Gasteiger partial charge in [-0.2, -0.15) is 0 Å². The Morgan fingerprint density at radius 2 is 1.68 bits per heavy atom. The lowest BCUT2D eigenvalue weighted by molar-refractivity contribution is -0.292. The van der Waals surface area contributed by atoms with E-state index in [9.17, 15) is 15.3 Å². The van der Waals surface area contributed by atoms with Crippen LogP contribution in [0.25, 0.3) is 0 Å². The summed E-state index contributed by atoms with van der Waals surface area (Å²) in [6, 6.07) is 0. The Kier molecular flexibility index (Phi) is 10.2. The molecule has 3 N–H and O–H groups in total. The van der Waals surface area contributed by atoms with E-state index in [0.29, 0.717) is 32.1 Å². The van der Waals surface area contributed by atoms with Gasteiger partial charge in [-0.25, -0.2) is 4.68 Å². The Hall–Kier alpha value is -1.18. The first-order valence-electron chi connectivity index (χ1n) is 9.41. The molecule has 0 aliphatic carbocycles. The van der Waals surface area contributed by atoms with Crippen molar-refractivity contribution in [2.24, 2.45) is 0 Å². The van der Waals surface area contributed by atoms with E-state index in [-0.39, 0.29) is 13.2 Å². The van der Waals surface area contributed by atoms with Crippen molar-refractivity contribution < 1.29 is 39.0 Å². The second-order valence-electron chi connectivity index (χ2n) is 6.46. The zero-order chi connectivity index (χ0) is 20.4. The van der Waals surface area contributed by atoms with Crippen molar-refractivity contribution in [3.8, 4) is 0 Å². The lowest BCUT2D eigenvalue weighted by Crippen LogP contribution is -2.58. The second-order valence-corrected chi connectivity index (χ2v) is 6.46. The van der Waals surface area contributed by atoms with Gasteiger partial charge in [0, 0.05) is 13.7 Å². The monoisotopic (exact) mass is 405 g/mol. The molecule has 1 aromatic rings. The van der Waals surface area contributed by atoms with Gasteiger partial charge in [0.1, 0.15) is 30.1 Å². The maximum absolute atomic E-state index is 10.1. The molecule has 0 amide bonds. The molecule has 0 radical (unpaired) electrons. The van der Waals surface area contributed by atoms with Crippen molar-refractivity contribution in [3.05, 3.63) is 11.9 Å². The first kappa shape index (κ1) is 23.1. The molecule has 11 nitrogen and oxygen atoms in total. The van der Waals surface area contributed by atoms with E-state index >= 15 is 0 Å². The molecule has 0 bridgehead atoms. The molecule has 28 heavy (non-hydrogen) atoms. The van der Waals surface area contributed by atoms with Gasteiger partial charge in [0.2, 0.25) is 0 Å². The summed E-state index contributed by atoms with van der Waals surface area (Å²) in [6.45, 7) is 5.20. The summed E-state index contributed by atoms with van der Waals surface area (Å²) in [5.74, 6) is 0. The van der Waals surface area contributed by atoms with E-state index in [1.54, 1.807) is 6.20 Å². The van der Waals surface area contributed by atoms with Gasteiger partial charge in [-0.05, 0) is 6.42 Å². The summed E-state index contributed by atoms with van der Waals surface area (Å²) in [5.41, 5.74) is 0.612. The smallest absolute Gasteiger partial charge is 0.186 e. The van der Waals surface area contributed by atoms with Crippen LogP contribution in [-0.2, 0) is 36.8 Å². The zero-order valence-electron chi connectivity index (χ0n) is 16.3. The van der Waals surface area contributed by atoms with Crippen molar-refractivity contribution >= 4 is 0 Å². The van der Waals surface area contributed by atoms with Gasteiger partial charge >= 0.3 is 0 Å². The highest BCUT2D eigenvalue weighted by molar-refractivity contribution is 4.93. The predicted molar refractivity (Wildman–Crippen MR) is 95.3 cm³/mol. The Bertz CT molecular complexity index is 544. The number of aliphatic hydroxyl groups excluding tert-OH is 3. The third-order valence-corrected chi connectivity index (χ3v) is 4.20. The minimum atomic E-state index is -1.37. The molecule has 0 saturated carbocycles. The van der Waals surface area contributed by atoms with Crippen molar-refractivity contribution in [2.75, 3.05) is 40.1 Å². The molecule has 0 spiro atoms. The molecule has 2 rings (SSSR count). The van der Waals surface area contributed by atoms with Crippen LogP contribution in [0, 0.1) is 0 Å². The molecule has 1 aliphatic rings. The largest absolute Gasteiger partial charge is 0.388 e. The standard InChI is InChI=1S/C17H31N3O8/c1-3-4-25-5-6-26-7-8-27-11-12-9-20(19-18-12)10-13-14(21)15(22)16(23)17(24-2)28-13/h9,13-17,21-23H,3-8,10-11H2,1-2H3. The highest BCUT2D eigenvalue weighted by Gasteiger charge is 2.44. The van der Waals surface area contributed by atoms with E-state index < -0.39 is 30.7 Å². The van der Waals surface area contributed by atoms with Crippen LogP contribution in [0.3, 0.4) is 0 Å². The van der Waals surface area contributed by atoms with E-state index in [2.05, 4.69) is 17.2 Å². The predicted octanol–water partition coefficient (Wildman–Crippen LogP) is -1.31. The summed E-state index contributed by atoms with van der Waals surface area (Å²) in [7, 11) is 1.35. The fourth-order valence-electron chi connectivity index (χ4n) is 2.70. The summed E-state index contributed by atoms with van der Waals surface area (Å²) >= 11 is 0. The molecule has 5 unspecified atom stereocenters. The Balaban J connectivity index is 1.66. The number of ether oxygens (including phenoxy) is 5. The number of nitrogens with zero attached hydrogens (tertiary/aromatic N) is 3. The number of rotatable bonds is 13. The van der Waals surface area contributed by atoms with Crippen LogP contribution in [0.1, 0.15) is 19.0 Å². The molecular weight excluding hydrogens is 374 g/mol. The molecule has 1 saturated heterocycles. The average Bonchev–Trinajstić information content (AvgIpc) is 3.14. The van der Waals surface area contributed by atoms with Crippen LogP contribution in [-0.4, -0.2) is 101 Å². The molecule has 11 heteroatoms. The fourth-order valence-corrected chi connectivity index (χ4v) is 2.70. The van der Waals surface area contributed by atoms with Gasteiger partial charge in [0.25, 0.3) is 0 Å². The van der Waals surface area contributed by atoms with Crippen LogP contribution in [0.5, 0.6) is 0 Å². The maximum atomic E-state index is 10.1. The van der Waals surface area contributed by atoms with E-state index in [1.165, 1.54) is 11.8 Å². The molecular formula is C17H31N3O8. The maximum Gasteiger partial charge on any atom is 0.186 e. The molecule has 2 heterocycles. The minimum Gasteiger partial charge on any atom is -0.388 e. The summed E-state index contributed by atoms with van der Waals surface area (Å²) < 4.78 is 28.1. The highest BCUT2D eigenvalue weighted by atomic mass is 16.7. The summed E-state index contributed by atoms with van der Waals surface area (Å²) in [5, 5.41) is 37.7. The van der Waals surface area contributed by atoms with Crippen LogP contribution in [0.15, 0.2) is 6.20 Å². The average molecular weight is 405 g/mol. The van der Waals surface area contributed by atoms with Crippen molar-refractivity contribution in [2.45, 2.75) is 57.2 Å². The quantitative estimate of drug-likeness (QED) is 0.339. The van der Waals surface area contributed by atoms with Gasteiger partial charge in [-0.3, -0.25) is 0 Å². The first-order chi connectivity index (χ1) is 13.6. The number of hydrogen-bond acceptors (Lipinski definition) is 10. The number of methoxy groups -OCH3 is 1. The van der Waals surface area contributed by atoms with Crippen molar-refractivity contribution in [3.63, 3.8) is 0 Å². The molecule has 1 aromatic heterocycles. The minimum absolute atomic E-state index is 0.138. The summed E-state index contributed by atoms with van der Waals surface area (Å²) in [4.78, 5) is 0. The lowest BCUT2D eigenvalue weighted by atomic mass is 9.99. The van der Waals surface area contributed by atoms with E-state index in [0.717, 1.165) is 13.0 Å². The first-order valence-corrected chi connectivity index (χ1v) is 9.41. The molecule has 5 atom stereocenters. The van der Waals surface area contributed by atoms with Gasteiger partial charge in [0.15, 0.2) is 6.29 Å². The van der Waals surface area contributed by atoms with Gasteiger partial charge in [-0.1, -0.05) is 12.1 Å². The Morgan fingerprint density at radius 3 is 2.36 bits per heavy atom. The number of aliphatic hydroxyl groups is 3. The topological polar surface area (TPSA) is 138 Å². The SMILES string of the molecule is CCCOCCOCCOCc1cn(CC2OC(OC)C(O)C(O)C2O)nn1. The fraction of sp³-hybridized carbons (Fsp3) is 0.882. The highest BCUT2D eigenvalue weighted by Crippen LogP contribution is 2.22. The van der Waals surface area contributed by atoms with Crippen LogP contribution in [0.2, 0.25) is 0 Å². The van der Waals surface area contributed by atoms with Gasteiger partial charge < -0.3 is 39.0 Å². The number of aromatic nitrogens is 3. The van der Waals surface area contributed by atoms with Crippen LogP contribution >= 0.6 is 0 Å². The normalized spacial score (nSPS) is 28.0. The second kappa shape index (κ2) is 12.4. The molecule has 0 aromatic carbocycles. The summed E-state index contributed by atoms with van der Waals surface area (Å²) in [6.07, 6.45) is -3.15. The molecule has 1 fully saturated rings. The molecule has 162 valence electrons. The van der Waals surface area contributed by atoms with E-state index in [4.69, 9.17) is 23.7 Å². The lowest BCUT2D eigenvalue weighted by Gasteiger charge is -2.39.